The second kappa shape index (κ2) is 7.65. The van der Waals surface area contributed by atoms with Gasteiger partial charge in [-0.1, -0.05) is 0 Å². The maximum atomic E-state index is 11.6. The van der Waals surface area contributed by atoms with Crippen LogP contribution in [0, 0.1) is 6.92 Å². The molecule has 0 fully saturated rings. The zero-order chi connectivity index (χ0) is 11.8. The van der Waals surface area contributed by atoms with Crippen LogP contribution in [0.4, 0.5) is 0 Å². The molecule has 1 amide bonds. The quantitative estimate of drug-likeness (QED) is 0.725. The smallest absolute Gasteiger partial charge is 0.263 e. The Hall–Kier alpha value is -0.590. The van der Waals surface area contributed by atoms with Gasteiger partial charge in [-0.3, -0.25) is 4.79 Å². The number of rotatable bonds is 7. The lowest BCUT2D eigenvalue weighted by molar-refractivity contribution is 0.0960. The number of nitrogens with zero attached hydrogens (tertiary/aromatic N) is 1. The zero-order valence-electron chi connectivity index (χ0n) is 9.23. The molecular weight excluding hydrogens is 244 g/mol. The topological polar surface area (TPSA) is 62.2 Å². The second-order valence-electron chi connectivity index (χ2n) is 3.19. The lowest BCUT2D eigenvalue weighted by Gasteiger charge is -2.02. The third-order valence-electron chi connectivity index (χ3n) is 1.82. The number of hydrogen-bond acceptors (Lipinski definition) is 5. The fourth-order valence-corrected chi connectivity index (χ4v) is 2.54. The Labute approximate surface area is 103 Å². The number of thioether (sulfide) groups is 1. The number of aromatic nitrogens is 1. The van der Waals surface area contributed by atoms with Crippen LogP contribution in [0.3, 0.4) is 0 Å². The normalized spacial score (nSPS) is 10.4. The first kappa shape index (κ1) is 13.5. The molecular formula is C10H16N2O2S2. The molecule has 1 heterocycles. The Morgan fingerprint density at radius 3 is 3.06 bits per heavy atom. The van der Waals surface area contributed by atoms with E-state index in [0.717, 1.165) is 22.9 Å². The minimum absolute atomic E-state index is 0.0478. The van der Waals surface area contributed by atoms with E-state index in [1.807, 2.05) is 6.92 Å². The average molecular weight is 260 g/mol. The summed E-state index contributed by atoms with van der Waals surface area (Å²) in [6, 6.07) is 0. The van der Waals surface area contributed by atoms with Gasteiger partial charge in [0.1, 0.15) is 4.88 Å². The van der Waals surface area contributed by atoms with Gasteiger partial charge in [-0.2, -0.15) is 11.8 Å². The lowest BCUT2D eigenvalue weighted by atomic mass is 10.5. The van der Waals surface area contributed by atoms with Gasteiger partial charge in [0.05, 0.1) is 11.2 Å². The minimum atomic E-state index is -0.0478. The van der Waals surface area contributed by atoms with E-state index in [0.29, 0.717) is 11.4 Å². The molecule has 0 aliphatic carbocycles. The average Bonchev–Trinajstić information content (AvgIpc) is 2.70. The van der Waals surface area contributed by atoms with E-state index in [1.165, 1.54) is 11.3 Å². The highest BCUT2D eigenvalue weighted by Crippen LogP contribution is 2.10. The predicted molar refractivity (Wildman–Crippen MR) is 68.2 cm³/mol. The molecule has 6 heteroatoms. The van der Waals surface area contributed by atoms with Gasteiger partial charge in [-0.05, 0) is 19.1 Å². The van der Waals surface area contributed by atoms with E-state index in [-0.39, 0.29) is 12.5 Å². The third kappa shape index (κ3) is 4.96. The number of carbonyl (C=O) groups is 1. The summed E-state index contributed by atoms with van der Waals surface area (Å²) in [6.45, 7) is 2.78. The molecule has 0 spiro atoms. The third-order valence-corrected chi connectivity index (χ3v) is 3.81. The molecule has 0 aromatic carbocycles. The van der Waals surface area contributed by atoms with Crippen molar-refractivity contribution < 1.29 is 9.90 Å². The SMILES string of the molecule is Cc1ncc(C(=O)NCCSCCCO)s1. The molecule has 1 rings (SSSR count). The number of thiazole rings is 1. The summed E-state index contributed by atoms with van der Waals surface area (Å²) in [5, 5.41) is 12.3. The first-order chi connectivity index (χ1) is 7.74. The van der Waals surface area contributed by atoms with Gasteiger partial charge in [0.25, 0.3) is 5.91 Å². The maximum absolute atomic E-state index is 11.6. The van der Waals surface area contributed by atoms with Crippen LogP contribution in [0.5, 0.6) is 0 Å². The number of hydrogen-bond donors (Lipinski definition) is 2. The summed E-state index contributed by atoms with van der Waals surface area (Å²) in [5.74, 6) is 1.77. The second-order valence-corrected chi connectivity index (χ2v) is 5.65. The Bertz CT molecular complexity index is 328. The number of aliphatic hydroxyl groups is 1. The van der Waals surface area contributed by atoms with Crippen molar-refractivity contribution in [1.82, 2.24) is 10.3 Å². The van der Waals surface area contributed by atoms with Crippen molar-refractivity contribution in [3.05, 3.63) is 16.1 Å². The standard InChI is InChI=1S/C10H16N2O2S2/c1-8-12-7-9(16-8)10(14)11-3-6-15-5-2-4-13/h7,13H,2-6H2,1H3,(H,11,14). The summed E-state index contributed by atoms with van der Waals surface area (Å²) < 4.78 is 0. The van der Waals surface area contributed by atoms with Crippen LogP contribution in [0.1, 0.15) is 21.1 Å². The van der Waals surface area contributed by atoms with Gasteiger partial charge in [0.2, 0.25) is 0 Å². The van der Waals surface area contributed by atoms with Crippen LogP contribution in [0.25, 0.3) is 0 Å². The van der Waals surface area contributed by atoms with Crippen LogP contribution >= 0.6 is 23.1 Å². The highest BCUT2D eigenvalue weighted by atomic mass is 32.2. The number of carbonyl (C=O) groups excluding carboxylic acids is 1. The van der Waals surface area contributed by atoms with E-state index in [4.69, 9.17) is 5.11 Å². The molecule has 0 aliphatic heterocycles. The van der Waals surface area contributed by atoms with Crippen LogP contribution in [-0.4, -0.2) is 40.7 Å². The molecule has 0 atom stereocenters. The molecule has 0 saturated heterocycles. The van der Waals surface area contributed by atoms with Crippen molar-refractivity contribution in [3.63, 3.8) is 0 Å². The summed E-state index contributed by atoms with van der Waals surface area (Å²) in [5.41, 5.74) is 0. The van der Waals surface area contributed by atoms with Gasteiger partial charge >= 0.3 is 0 Å². The van der Waals surface area contributed by atoms with Gasteiger partial charge in [-0.15, -0.1) is 11.3 Å². The van der Waals surface area contributed by atoms with Gasteiger partial charge in [0, 0.05) is 18.9 Å². The molecule has 0 aliphatic rings. The highest BCUT2D eigenvalue weighted by molar-refractivity contribution is 7.99. The van der Waals surface area contributed by atoms with Crippen molar-refractivity contribution >= 4 is 29.0 Å². The van der Waals surface area contributed by atoms with E-state index >= 15 is 0 Å². The molecule has 0 bridgehead atoms. The van der Waals surface area contributed by atoms with Gasteiger partial charge < -0.3 is 10.4 Å². The Morgan fingerprint density at radius 2 is 2.44 bits per heavy atom. The monoisotopic (exact) mass is 260 g/mol. The first-order valence-corrected chi connectivity index (χ1v) is 7.10. The number of aryl methyl sites for hydroxylation is 1. The first-order valence-electron chi connectivity index (χ1n) is 5.13. The molecule has 1 aromatic rings. The fraction of sp³-hybridized carbons (Fsp3) is 0.600. The Balaban J connectivity index is 2.11. The van der Waals surface area contributed by atoms with Crippen molar-refractivity contribution in [3.8, 4) is 0 Å². The van der Waals surface area contributed by atoms with Crippen LogP contribution in [0.2, 0.25) is 0 Å². The summed E-state index contributed by atoms with van der Waals surface area (Å²) in [4.78, 5) is 16.3. The molecule has 1 aromatic heterocycles. The Morgan fingerprint density at radius 1 is 1.62 bits per heavy atom. The molecule has 16 heavy (non-hydrogen) atoms. The Kier molecular flexibility index (Phi) is 6.44. The zero-order valence-corrected chi connectivity index (χ0v) is 10.9. The summed E-state index contributed by atoms with van der Waals surface area (Å²) >= 11 is 3.14. The predicted octanol–water partition coefficient (Wildman–Crippen LogP) is 1.30. The molecule has 2 N–H and O–H groups in total. The number of aliphatic hydroxyl groups excluding tert-OH is 1. The molecule has 0 radical (unpaired) electrons. The fourth-order valence-electron chi connectivity index (χ4n) is 1.06. The van der Waals surface area contributed by atoms with Crippen LogP contribution in [-0.2, 0) is 0 Å². The van der Waals surface area contributed by atoms with Crippen molar-refractivity contribution in [2.75, 3.05) is 24.7 Å². The van der Waals surface area contributed by atoms with E-state index in [9.17, 15) is 4.79 Å². The van der Waals surface area contributed by atoms with E-state index < -0.39 is 0 Å². The van der Waals surface area contributed by atoms with Crippen molar-refractivity contribution in [2.24, 2.45) is 0 Å². The van der Waals surface area contributed by atoms with E-state index in [1.54, 1.807) is 18.0 Å². The lowest BCUT2D eigenvalue weighted by Crippen LogP contribution is -2.25. The molecule has 4 nitrogen and oxygen atoms in total. The van der Waals surface area contributed by atoms with E-state index in [2.05, 4.69) is 10.3 Å². The van der Waals surface area contributed by atoms with Gasteiger partial charge in [-0.25, -0.2) is 4.98 Å². The van der Waals surface area contributed by atoms with Crippen LogP contribution < -0.4 is 5.32 Å². The van der Waals surface area contributed by atoms with Crippen molar-refractivity contribution in [2.45, 2.75) is 13.3 Å². The number of nitrogens with one attached hydrogen (secondary N) is 1. The molecule has 0 unspecified atom stereocenters. The number of amides is 1. The van der Waals surface area contributed by atoms with Gasteiger partial charge in [0.15, 0.2) is 0 Å². The van der Waals surface area contributed by atoms with Crippen LogP contribution in [0.15, 0.2) is 6.20 Å². The molecule has 90 valence electrons. The maximum Gasteiger partial charge on any atom is 0.263 e. The largest absolute Gasteiger partial charge is 0.396 e. The minimum Gasteiger partial charge on any atom is -0.396 e. The highest BCUT2D eigenvalue weighted by Gasteiger charge is 2.07. The molecule has 0 saturated carbocycles. The summed E-state index contributed by atoms with van der Waals surface area (Å²) in [7, 11) is 0. The van der Waals surface area contributed by atoms with Crippen molar-refractivity contribution in [1.29, 1.82) is 0 Å². The summed E-state index contributed by atoms with van der Waals surface area (Å²) in [6.07, 6.45) is 2.42.